The largest absolute Gasteiger partial charge is 0.479 e. The van der Waals surface area contributed by atoms with Gasteiger partial charge in [0.25, 0.3) is 5.91 Å². The van der Waals surface area contributed by atoms with Crippen molar-refractivity contribution < 1.29 is 9.53 Å². The maximum atomic E-state index is 12.0. The van der Waals surface area contributed by atoms with Crippen LogP contribution in [0.3, 0.4) is 0 Å². The van der Waals surface area contributed by atoms with Crippen molar-refractivity contribution >= 4 is 17.5 Å². The number of hydrogen-bond acceptors (Lipinski definition) is 2. The van der Waals surface area contributed by atoms with Gasteiger partial charge in [0.2, 0.25) is 0 Å². The highest BCUT2D eigenvalue weighted by atomic mass is 35.5. The molecule has 0 unspecified atom stereocenters. The smallest absolute Gasteiger partial charge is 0.260 e. The Labute approximate surface area is 125 Å². The number of rotatable bonds is 5. The third kappa shape index (κ3) is 4.41. The average Bonchev–Trinajstić information content (AvgIpc) is 2.48. The van der Waals surface area contributed by atoms with Crippen molar-refractivity contribution in [2.75, 3.05) is 6.54 Å². The monoisotopic (exact) mass is 295 g/mol. The van der Waals surface area contributed by atoms with Crippen LogP contribution >= 0.6 is 11.6 Å². The van der Waals surface area contributed by atoms with Crippen LogP contribution < -0.4 is 10.1 Å². The van der Waals surface area contributed by atoms with E-state index in [1.54, 1.807) is 19.1 Å². The highest BCUT2D eigenvalue weighted by Crippen LogP contribution is 2.25. The second-order valence-electron chi connectivity index (χ2n) is 5.44. The van der Waals surface area contributed by atoms with Crippen LogP contribution in [0.4, 0.5) is 0 Å². The van der Waals surface area contributed by atoms with Crippen molar-refractivity contribution in [2.45, 2.75) is 45.1 Å². The van der Waals surface area contributed by atoms with E-state index >= 15 is 0 Å². The minimum atomic E-state index is -0.529. The molecule has 1 aromatic rings. The number of benzene rings is 1. The van der Waals surface area contributed by atoms with Crippen molar-refractivity contribution in [3.63, 3.8) is 0 Å². The zero-order valence-corrected chi connectivity index (χ0v) is 12.7. The minimum Gasteiger partial charge on any atom is -0.479 e. The molecule has 0 radical (unpaired) electrons. The molecule has 0 heterocycles. The Kier molecular flexibility index (Phi) is 5.72. The second-order valence-corrected chi connectivity index (χ2v) is 5.85. The molecule has 1 aliphatic rings. The molecule has 0 spiro atoms. The molecule has 2 rings (SSSR count). The molecular weight excluding hydrogens is 274 g/mol. The van der Waals surface area contributed by atoms with Gasteiger partial charge in [0.15, 0.2) is 6.10 Å². The van der Waals surface area contributed by atoms with Crippen LogP contribution in [0.1, 0.15) is 39.0 Å². The highest BCUT2D eigenvalue weighted by Gasteiger charge is 2.18. The summed E-state index contributed by atoms with van der Waals surface area (Å²) in [6.45, 7) is 2.51. The van der Waals surface area contributed by atoms with E-state index in [-0.39, 0.29) is 5.91 Å². The summed E-state index contributed by atoms with van der Waals surface area (Å²) in [5.74, 6) is 1.10. The van der Waals surface area contributed by atoms with Crippen LogP contribution in [0.15, 0.2) is 24.3 Å². The van der Waals surface area contributed by atoms with Gasteiger partial charge in [-0.1, -0.05) is 43.0 Å². The third-order valence-corrected chi connectivity index (χ3v) is 4.11. The lowest BCUT2D eigenvalue weighted by Gasteiger charge is -2.23. The van der Waals surface area contributed by atoms with Crippen molar-refractivity contribution in [2.24, 2.45) is 5.92 Å². The van der Waals surface area contributed by atoms with Gasteiger partial charge in [-0.2, -0.15) is 0 Å². The van der Waals surface area contributed by atoms with Gasteiger partial charge < -0.3 is 10.1 Å². The molecule has 4 heteroatoms. The fraction of sp³-hybridized carbons (Fsp3) is 0.562. The first-order valence-electron chi connectivity index (χ1n) is 7.35. The Morgan fingerprint density at radius 3 is 2.75 bits per heavy atom. The van der Waals surface area contributed by atoms with E-state index < -0.39 is 6.10 Å². The predicted molar refractivity (Wildman–Crippen MR) is 81.1 cm³/mol. The minimum absolute atomic E-state index is 0.0736. The van der Waals surface area contributed by atoms with E-state index in [2.05, 4.69) is 5.32 Å². The van der Waals surface area contributed by atoms with Crippen LogP contribution in [-0.4, -0.2) is 18.6 Å². The zero-order valence-electron chi connectivity index (χ0n) is 11.9. The van der Waals surface area contributed by atoms with Crippen molar-refractivity contribution in [3.8, 4) is 5.75 Å². The number of carbonyl (C=O) groups excluding carboxylic acids is 1. The van der Waals surface area contributed by atoms with Crippen LogP contribution in [0, 0.1) is 5.92 Å². The molecular formula is C16H22ClNO2. The van der Waals surface area contributed by atoms with Gasteiger partial charge in [0, 0.05) is 6.54 Å². The topological polar surface area (TPSA) is 38.3 Å². The third-order valence-electron chi connectivity index (χ3n) is 3.80. The number of halogens is 1. The van der Waals surface area contributed by atoms with Crippen LogP contribution in [0.2, 0.25) is 5.02 Å². The summed E-state index contributed by atoms with van der Waals surface area (Å²) in [4.78, 5) is 12.0. The van der Waals surface area contributed by atoms with E-state index in [1.165, 1.54) is 32.1 Å². The quantitative estimate of drug-likeness (QED) is 0.897. The van der Waals surface area contributed by atoms with Gasteiger partial charge in [-0.3, -0.25) is 4.79 Å². The Hall–Kier alpha value is -1.22. The van der Waals surface area contributed by atoms with E-state index in [0.717, 1.165) is 6.54 Å². The number of para-hydroxylation sites is 1. The summed E-state index contributed by atoms with van der Waals surface area (Å²) < 4.78 is 5.60. The fourth-order valence-electron chi connectivity index (χ4n) is 2.56. The molecule has 110 valence electrons. The molecule has 1 aromatic carbocycles. The van der Waals surface area contributed by atoms with Gasteiger partial charge >= 0.3 is 0 Å². The van der Waals surface area contributed by atoms with Gasteiger partial charge in [0.05, 0.1) is 5.02 Å². The standard InChI is InChI=1S/C16H22ClNO2/c1-12(20-15-10-6-5-9-14(15)17)16(19)18-11-13-7-3-2-4-8-13/h5-6,9-10,12-13H,2-4,7-8,11H2,1H3,(H,18,19)/t12-/m1/s1. The number of nitrogens with one attached hydrogen (secondary N) is 1. The van der Waals surface area contributed by atoms with Crippen LogP contribution in [0.5, 0.6) is 5.75 Å². The first-order valence-corrected chi connectivity index (χ1v) is 7.73. The molecule has 1 atom stereocenters. The first-order chi connectivity index (χ1) is 9.66. The average molecular weight is 296 g/mol. The molecule has 0 bridgehead atoms. The predicted octanol–water partition coefficient (Wildman–Crippen LogP) is 3.80. The lowest BCUT2D eigenvalue weighted by molar-refractivity contribution is -0.127. The SMILES string of the molecule is C[C@@H](Oc1ccccc1Cl)C(=O)NCC1CCCCC1. The molecule has 3 nitrogen and oxygen atoms in total. The summed E-state index contributed by atoms with van der Waals surface area (Å²) in [5.41, 5.74) is 0. The van der Waals surface area contributed by atoms with E-state index in [1.807, 2.05) is 12.1 Å². The Bertz CT molecular complexity index is 444. The molecule has 1 amide bonds. The molecule has 1 saturated carbocycles. The van der Waals surface area contributed by atoms with E-state index in [9.17, 15) is 4.79 Å². The molecule has 20 heavy (non-hydrogen) atoms. The molecule has 0 saturated heterocycles. The number of hydrogen-bond donors (Lipinski definition) is 1. The second kappa shape index (κ2) is 7.53. The number of ether oxygens (including phenoxy) is 1. The van der Waals surface area contributed by atoms with E-state index in [4.69, 9.17) is 16.3 Å². The molecule has 1 fully saturated rings. The van der Waals surface area contributed by atoms with Crippen molar-refractivity contribution in [3.05, 3.63) is 29.3 Å². The van der Waals surface area contributed by atoms with Gasteiger partial charge in [-0.05, 0) is 37.8 Å². The lowest BCUT2D eigenvalue weighted by atomic mass is 9.89. The molecule has 0 aliphatic heterocycles. The van der Waals surface area contributed by atoms with Gasteiger partial charge in [-0.25, -0.2) is 0 Å². The van der Waals surface area contributed by atoms with Crippen molar-refractivity contribution in [1.82, 2.24) is 5.32 Å². The van der Waals surface area contributed by atoms with Gasteiger partial charge in [-0.15, -0.1) is 0 Å². The molecule has 1 N–H and O–H groups in total. The maximum Gasteiger partial charge on any atom is 0.260 e. The highest BCUT2D eigenvalue weighted by molar-refractivity contribution is 6.32. The summed E-state index contributed by atoms with van der Waals surface area (Å²) in [6.07, 6.45) is 5.81. The summed E-state index contributed by atoms with van der Waals surface area (Å²) in [7, 11) is 0. The number of carbonyl (C=O) groups is 1. The maximum absolute atomic E-state index is 12.0. The molecule has 0 aromatic heterocycles. The Morgan fingerprint density at radius 2 is 2.05 bits per heavy atom. The summed E-state index contributed by atoms with van der Waals surface area (Å²) in [6, 6.07) is 7.20. The van der Waals surface area contributed by atoms with Crippen LogP contribution in [-0.2, 0) is 4.79 Å². The van der Waals surface area contributed by atoms with Crippen molar-refractivity contribution in [1.29, 1.82) is 0 Å². The van der Waals surface area contributed by atoms with Gasteiger partial charge in [0.1, 0.15) is 5.75 Å². The Morgan fingerprint density at radius 1 is 1.35 bits per heavy atom. The Balaban J connectivity index is 1.78. The number of amides is 1. The summed E-state index contributed by atoms with van der Waals surface area (Å²) >= 11 is 6.02. The fourth-order valence-corrected chi connectivity index (χ4v) is 2.74. The lowest BCUT2D eigenvalue weighted by Crippen LogP contribution is -2.39. The normalized spacial score (nSPS) is 17.5. The zero-order chi connectivity index (χ0) is 14.4. The summed E-state index contributed by atoms with van der Waals surface area (Å²) in [5, 5.41) is 3.51. The van der Waals surface area contributed by atoms with E-state index in [0.29, 0.717) is 16.7 Å². The first kappa shape index (κ1) is 15.2. The molecule has 1 aliphatic carbocycles. The van der Waals surface area contributed by atoms with Crippen LogP contribution in [0.25, 0.3) is 0 Å².